The first kappa shape index (κ1) is 18.5. The van der Waals surface area contributed by atoms with Crippen LogP contribution in [0, 0.1) is 0 Å². The van der Waals surface area contributed by atoms with Crippen molar-refractivity contribution in [1.29, 1.82) is 0 Å². The van der Waals surface area contributed by atoms with E-state index >= 15 is 0 Å². The van der Waals surface area contributed by atoms with E-state index in [9.17, 15) is 5.11 Å². The van der Waals surface area contributed by atoms with E-state index in [1.165, 1.54) is 0 Å². The van der Waals surface area contributed by atoms with Gasteiger partial charge >= 0.3 is 0 Å². The first-order chi connectivity index (χ1) is 12.7. The molecule has 0 aromatic heterocycles. The van der Waals surface area contributed by atoms with Gasteiger partial charge in [0.15, 0.2) is 0 Å². The Balaban J connectivity index is 1.49. The number of halogens is 1. The van der Waals surface area contributed by atoms with E-state index in [4.69, 9.17) is 16.3 Å². The van der Waals surface area contributed by atoms with Crippen molar-refractivity contribution in [3.8, 4) is 5.75 Å². The summed E-state index contributed by atoms with van der Waals surface area (Å²) in [6.07, 6.45) is -0.515. The summed E-state index contributed by atoms with van der Waals surface area (Å²) in [5.74, 6) is 0.813. The van der Waals surface area contributed by atoms with Gasteiger partial charge in [-0.25, -0.2) is 0 Å². The zero-order valence-corrected chi connectivity index (χ0v) is 15.2. The maximum absolute atomic E-state index is 10.2. The van der Waals surface area contributed by atoms with Crippen LogP contribution in [0.15, 0.2) is 78.9 Å². The summed E-state index contributed by atoms with van der Waals surface area (Å²) >= 11 is 5.99. The van der Waals surface area contributed by atoms with Crippen LogP contribution in [0.25, 0.3) is 0 Å². The highest BCUT2D eigenvalue weighted by Gasteiger charge is 2.06. The van der Waals surface area contributed by atoms with E-state index in [0.29, 0.717) is 24.7 Å². The molecule has 0 saturated heterocycles. The summed E-state index contributed by atoms with van der Waals surface area (Å²) in [4.78, 5) is 0. The minimum Gasteiger partial charge on any atom is -0.489 e. The smallest absolute Gasteiger partial charge is 0.120 e. The van der Waals surface area contributed by atoms with Crippen LogP contribution >= 0.6 is 11.6 Å². The van der Waals surface area contributed by atoms with Crippen LogP contribution in [0.3, 0.4) is 0 Å². The fourth-order valence-corrected chi connectivity index (χ4v) is 2.90. The molecule has 3 aromatic carbocycles. The molecular weight excluding hydrogens is 346 g/mol. The lowest BCUT2D eigenvalue weighted by molar-refractivity contribution is 0.174. The molecule has 0 aliphatic heterocycles. The molecule has 0 amide bonds. The van der Waals surface area contributed by atoms with E-state index in [0.717, 1.165) is 22.4 Å². The van der Waals surface area contributed by atoms with Gasteiger partial charge in [-0.2, -0.15) is 0 Å². The SMILES string of the molecule is OC(CNCc1cccc(OCc2cccc(Cl)c2)c1)c1ccccc1. The average molecular weight is 368 g/mol. The van der Waals surface area contributed by atoms with Crippen LogP contribution in [0.4, 0.5) is 0 Å². The van der Waals surface area contributed by atoms with Gasteiger partial charge < -0.3 is 15.2 Å². The van der Waals surface area contributed by atoms with Crippen LogP contribution in [-0.4, -0.2) is 11.7 Å². The highest BCUT2D eigenvalue weighted by molar-refractivity contribution is 6.30. The van der Waals surface area contributed by atoms with Crippen molar-refractivity contribution in [1.82, 2.24) is 5.32 Å². The molecule has 134 valence electrons. The molecule has 2 N–H and O–H groups in total. The van der Waals surface area contributed by atoms with E-state index in [-0.39, 0.29) is 0 Å². The summed E-state index contributed by atoms with van der Waals surface area (Å²) in [5, 5.41) is 14.2. The number of hydrogen-bond acceptors (Lipinski definition) is 3. The fraction of sp³-hybridized carbons (Fsp3) is 0.182. The molecule has 0 fully saturated rings. The van der Waals surface area contributed by atoms with Crippen molar-refractivity contribution >= 4 is 11.6 Å². The molecule has 26 heavy (non-hydrogen) atoms. The maximum Gasteiger partial charge on any atom is 0.120 e. The molecule has 0 aliphatic rings. The van der Waals surface area contributed by atoms with Crippen molar-refractivity contribution in [2.75, 3.05) is 6.54 Å². The van der Waals surface area contributed by atoms with Gasteiger partial charge in [0.1, 0.15) is 12.4 Å². The Morgan fingerprint density at radius 2 is 1.65 bits per heavy atom. The summed E-state index contributed by atoms with van der Waals surface area (Å²) in [5.41, 5.74) is 3.06. The van der Waals surface area contributed by atoms with Crippen molar-refractivity contribution in [2.45, 2.75) is 19.3 Å². The number of aliphatic hydroxyl groups is 1. The normalized spacial score (nSPS) is 11.9. The largest absolute Gasteiger partial charge is 0.489 e. The molecule has 0 aliphatic carbocycles. The highest BCUT2D eigenvalue weighted by Crippen LogP contribution is 2.17. The van der Waals surface area contributed by atoms with Crippen LogP contribution in [0.5, 0.6) is 5.75 Å². The van der Waals surface area contributed by atoms with Gasteiger partial charge in [0.2, 0.25) is 0 Å². The van der Waals surface area contributed by atoms with E-state index in [1.807, 2.05) is 78.9 Å². The standard InChI is InChI=1S/C22H22ClNO2/c23-20-10-4-7-18(12-20)16-26-21-11-5-6-17(13-21)14-24-15-22(25)19-8-2-1-3-9-19/h1-13,22,24-25H,14-16H2. The Morgan fingerprint density at radius 1 is 0.885 bits per heavy atom. The third-order valence-electron chi connectivity index (χ3n) is 4.04. The predicted molar refractivity (Wildman–Crippen MR) is 105 cm³/mol. The number of nitrogens with one attached hydrogen (secondary N) is 1. The van der Waals surface area contributed by atoms with E-state index in [2.05, 4.69) is 5.32 Å². The second-order valence-corrected chi connectivity index (χ2v) is 6.56. The topological polar surface area (TPSA) is 41.5 Å². The molecule has 1 unspecified atom stereocenters. The molecular formula is C22H22ClNO2. The second kappa shape index (κ2) is 9.39. The number of ether oxygens (including phenoxy) is 1. The van der Waals surface area contributed by atoms with Gasteiger partial charge in [0.25, 0.3) is 0 Å². The number of hydrogen-bond donors (Lipinski definition) is 2. The van der Waals surface area contributed by atoms with Gasteiger partial charge in [-0.1, -0.05) is 66.2 Å². The molecule has 3 nitrogen and oxygen atoms in total. The fourth-order valence-electron chi connectivity index (χ4n) is 2.68. The monoisotopic (exact) mass is 367 g/mol. The molecule has 4 heteroatoms. The summed E-state index contributed by atoms with van der Waals surface area (Å²) in [7, 11) is 0. The number of aliphatic hydroxyl groups excluding tert-OH is 1. The molecule has 3 rings (SSSR count). The number of rotatable bonds is 8. The zero-order chi connectivity index (χ0) is 18.2. The second-order valence-electron chi connectivity index (χ2n) is 6.12. The Morgan fingerprint density at radius 3 is 2.46 bits per heavy atom. The van der Waals surface area contributed by atoms with E-state index < -0.39 is 6.10 Å². The Hall–Kier alpha value is -2.33. The summed E-state index contributed by atoms with van der Waals surface area (Å²) in [6, 6.07) is 25.3. The summed E-state index contributed by atoms with van der Waals surface area (Å²) in [6.45, 7) is 1.64. The first-order valence-corrected chi connectivity index (χ1v) is 8.98. The summed E-state index contributed by atoms with van der Waals surface area (Å²) < 4.78 is 5.85. The van der Waals surface area contributed by atoms with Crippen molar-refractivity contribution < 1.29 is 9.84 Å². The van der Waals surface area contributed by atoms with Gasteiger partial charge in [0.05, 0.1) is 6.10 Å². The minimum atomic E-state index is -0.515. The highest BCUT2D eigenvalue weighted by atomic mass is 35.5. The van der Waals surface area contributed by atoms with Crippen LogP contribution < -0.4 is 10.1 Å². The van der Waals surface area contributed by atoms with Crippen LogP contribution in [-0.2, 0) is 13.2 Å². The lowest BCUT2D eigenvalue weighted by Gasteiger charge is -2.13. The van der Waals surface area contributed by atoms with Crippen molar-refractivity contribution in [3.05, 3.63) is 101 Å². The van der Waals surface area contributed by atoms with Crippen molar-refractivity contribution in [3.63, 3.8) is 0 Å². The molecule has 0 saturated carbocycles. The third-order valence-corrected chi connectivity index (χ3v) is 4.28. The number of benzene rings is 3. The Kier molecular flexibility index (Phi) is 6.67. The molecule has 0 bridgehead atoms. The molecule has 3 aromatic rings. The first-order valence-electron chi connectivity index (χ1n) is 8.60. The Labute approximate surface area is 159 Å². The van der Waals surface area contributed by atoms with Gasteiger partial charge in [-0.05, 0) is 41.0 Å². The Bertz CT molecular complexity index is 823. The average Bonchev–Trinajstić information content (AvgIpc) is 2.67. The van der Waals surface area contributed by atoms with Gasteiger partial charge in [-0.3, -0.25) is 0 Å². The molecule has 0 spiro atoms. The quantitative estimate of drug-likeness (QED) is 0.604. The third kappa shape index (κ3) is 5.60. The molecule has 1 atom stereocenters. The molecule has 0 radical (unpaired) electrons. The van der Waals surface area contributed by atoms with Crippen LogP contribution in [0.2, 0.25) is 5.02 Å². The predicted octanol–water partition coefficient (Wildman–Crippen LogP) is 4.74. The maximum atomic E-state index is 10.2. The van der Waals surface area contributed by atoms with Gasteiger partial charge in [0, 0.05) is 18.1 Å². The minimum absolute atomic E-state index is 0.476. The molecule has 0 heterocycles. The lowest BCUT2D eigenvalue weighted by atomic mass is 10.1. The zero-order valence-electron chi connectivity index (χ0n) is 14.4. The van der Waals surface area contributed by atoms with Gasteiger partial charge in [-0.15, -0.1) is 0 Å². The lowest BCUT2D eigenvalue weighted by Crippen LogP contribution is -2.21. The van der Waals surface area contributed by atoms with E-state index in [1.54, 1.807) is 0 Å². The van der Waals surface area contributed by atoms with Crippen LogP contribution in [0.1, 0.15) is 22.8 Å². The van der Waals surface area contributed by atoms with Crippen molar-refractivity contribution in [2.24, 2.45) is 0 Å².